The predicted octanol–water partition coefficient (Wildman–Crippen LogP) is 8.37. The van der Waals surface area contributed by atoms with Gasteiger partial charge in [-0.3, -0.25) is 19.8 Å². The van der Waals surface area contributed by atoms with Crippen LogP contribution >= 0.6 is 11.3 Å². The maximum absolute atomic E-state index is 13.6. The van der Waals surface area contributed by atoms with Gasteiger partial charge in [-0.2, -0.15) is 0 Å². The summed E-state index contributed by atoms with van der Waals surface area (Å²) in [5.41, 5.74) is 4.87. The average Bonchev–Trinajstić information content (AvgIpc) is 3.62. The van der Waals surface area contributed by atoms with Crippen LogP contribution in [0.2, 0.25) is 0 Å². The second kappa shape index (κ2) is 18.3. The van der Waals surface area contributed by atoms with Crippen molar-refractivity contribution in [3.8, 4) is 5.75 Å². The highest BCUT2D eigenvalue weighted by Crippen LogP contribution is 2.30. The number of nitrogens with one attached hydrogen (secondary N) is 1. The number of fused-ring (bicyclic) bond motifs is 2. The van der Waals surface area contributed by atoms with E-state index < -0.39 is 11.6 Å². The first kappa shape index (κ1) is 40.6. The number of piperidine rings is 1. The van der Waals surface area contributed by atoms with E-state index in [2.05, 4.69) is 38.3 Å². The van der Waals surface area contributed by atoms with Crippen molar-refractivity contribution in [1.82, 2.24) is 14.9 Å². The fraction of sp³-hybridized carbons (Fsp3) is 0.370. The van der Waals surface area contributed by atoms with Crippen molar-refractivity contribution in [3.05, 3.63) is 118 Å². The van der Waals surface area contributed by atoms with Crippen molar-refractivity contribution >= 4 is 56.4 Å². The number of benzene rings is 3. The third kappa shape index (κ3) is 10.5. The number of amides is 1. The van der Waals surface area contributed by atoms with E-state index in [1.165, 1.54) is 16.9 Å². The van der Waals surface area contributed by atoms with Crippen molar-refractivity contribution < 1.29 is 28.6 Å². The van der Waals surface area contributed by atoms with Gasteiger partial charge in [0.2, 0.25) is 0 Å². The minimum Gasteiger partial charge on any atom is -0.490 e. The molecule has 0 bridgehead atoms. The first-order valence-corrected chi connectivity index (χ1v) is 20.9. The highest BCUT2D eigenvalue weighted by atomic mass is 32.1. The Bertz CT molecular complexity index is 2240. The lowest BCUT2D eigenvalue weighted by molar-refractivity contribution is -0.144. The number of carbonyl (C=O) groups is 3. The summed E-state index contributed by atoms with van der Waals surface area (Å²) in [6.45, 7) is 11.4. The van der Waals surface area contributed by atoms with Crippen LogP contribution in [0.3, 0.4) is 0 Å². The largest absolute Gasteiger partial charge is 0.490 e. The molecule has 2 aromatic heterocycles. The molecule has 2 aliphatic rings. The van der Waals surface area contributed by atoms with E-state index in [4.69, 9.17) is 19.2 Å². The van der Waals surface area contributed by atoms with Gasteiger partial charge < -0.3 is 19.1 Å². The van der Waals surface area contributed by atoms with E-state index in [9.17, 15) is 14.4 Å². The summed E-state index contributed by atoms with van der Waals surface area (Å²) in [5, 5.41) is 3.56. The van der Waals surface area contributed by atoms with Gasteiger partial charge in [0.15, 0.2) is 10.8 Å². The van der Waals surface area contributed by atoms with Crippen LogP contribution < -0.4 is 15.0 Å². The van der Waals surface area contributed by atoms with E-state index in [1.807, 2.05) is 101 Å². The average molecular weight is 802 g/mol. The number of anilines is 2. The molecular weight excluding hydrogens is 751 g/mol. The number of aromatic nitrogens is 2. The summed E-state index contributed by atoms with van der Waals surface area (Å²) >= 11 is 1.45. The van der Waals surface area contributed by atoms with E-state index >= 15 is 0 Å². The molecule has 0 saturated carbocycles. The van der Waals surface area contributed by atoms with Crippen molar-refractivity contribution in [1.29, 1.82) is 0 Å². The molecule has 58 heavy (non-hydrogen) atoms. The standard InChI is InChI=1S/C46H51N5O6S/c1-5-55-41(52)30-50-24-21-32(22-25-50)28-31-15-18-35(19-16-31)56-27-9-11-34-17-20-40(48-42(34)44(54)57-46(2,3)4)51-26-23-33-10-8-12-36(37(33)29-51)43(53)49-45-47-38-13-6-7-14-39(38)58-45/h6-20,32H,5,21-30H2,1-4H3,(H,47,49,53)/b11-9+. The number of pyridine rings is 1. The Balaban J connectivity index is 0.984. The van der Waals surface area contributed by atoms with Crippen LogP contribution in [-0.2, 0) is 33.7 Å². The SMILES string of the molecule is CCOC(=O)CN1CCC(Cc2ccc(OC/C=C/c3ccc(N4CCc5cccc(C(=O)Nc6nc7ccccc7s6)c5C4)nc3C(=O)OC(C)(C)C)cc2)CC1. The Morgan fingerprint density at radius 3 is 2.48 bits per heavy atom. The molecule has 7 rings (SSSR count). The van der Waals surface area contributed by atoms with Crippen LogP contribution in [0.1, 0.15) is 83.6 Å². The first-order chi connectivity index (χ1) is 28.0. The van der Waals surface area contributed by atoms with Crippen LogP contribution in [0.5, 0.6) is 5.75 Å². The fourth-order valence-corrected chi connectivity index (χ4v) is 8.31. The molecule has 5 aromatic rings. The van der Waals surface area contributed by atoms with Gasteiger partial charge in [-0.15, -0.1) is 0 Å². The minimum absolute atomic E-state index is 0.148. The molecule has 1 N–H and O–H groups in total. The summed E-state index contributed by atoms with van der Waals surface area (Å²) in [6.07, 6.45) is 7.54. The van der Waals surface area contributed by atoms with E-state index in [0.29, 0.717) is 60.8 Å². The third-order valence-corrected chi connectivity index (χ3v) is 11.3. The number of para-hydroxylation sites is 1. The Kier molecular flexibility index (Phi) is 12.8. The lowest BCUT2D eigenvalue weighted by Crippen LogP contribution is -2.38. The Morgan fingerprint density at radius 2 is 1.72 bits per heavy atom. The summed E-state index contributed by atoms with van der Waals surface area (Å²) in [5.74, 6) is 1.10. The van der Waals surface area contributed by atoms with Gasteiger partial charge in [-0.1, -0.05) is 53.8 Å². The molecule has 0 atom stereocenters. The topological polar surface area (TPSA) is 123 Å². The van der Waals surface area contributed by atoms with Crippen LogP contribution in [0.15, 0.2) is 84.9 Å². The third-order valence-electron chi connectivity index (χ3n) is 10.3. The zero-order valence-electron chi connectivity index (χ0n) is 33.7. The Hall–Kier alpha value is -5.59. The predicted molar refractivity (Wildman–Crippen MR) is 229 cm³/mol. The van der Waals surface area contributed by atoms with Gasteiger partial charge in [-0.25, -0.2) is 14.8 Å². The second-order valence-electron chi connectivity index (χ2n) is 15.8. The van der Waals surface area contributed by atoms with Gasteiger partial charge in [0.1, 0.15) is 23.8 Å². The number of esters is 2. The molecule has 11 nitrogen and oxygen atoms in total. The molecule has 2 aliphatic heterocycles. The summed E-state index contributed by atoms with van der Waals surface area (Å²) in [6, 6.07) is 25.7. The van der Waals surface area contributed by atoms with E-state index in [0.717, 1.165) is 65.9 Å². The van der Waals surface area contributed by atoms with Crippen LogP contribution in [-0.4, -0.2) is 77.7 Å². The highest BCUT2D eigenvalue weighted by Gasteiger charge is 2.27. The number of rotatable bonds is 13. The number of thiazole rings is 1. The summed E-state index contributed by atoms with van der Waals surface area (Å²) < 4.78 is 17.9. The number of carbonyl (C=O) groups excluding carboxylic acids is 3. The number of hydrogen-bond acceptors (Lipinski definition) is 11. The molecule has 302 valence electrons. The minimum atomic E-state index is -0.706. The molecule has 12 heteroatoms. The molecule has 0 unspecified atom stereocenters. The summed E-state index contributed by atoms with van der Waals surface area (Å²) in [4.78, 5) is 52.7. The van der Waals surface area contributed by atoms with Crippen LogP contribution in [0.25, 0.3) is 16.3 Å². The highest BCUT2D eigenvalue weighted by molar-refractivity contribution is 7.22. The quantitative estimate of drug-likeness (QED) is 0.116. The molecule has 0 spiro atoms. The van der Waals surface area contributed by atoms with Gasteiger partial charge in [-0.05, 0) is 138 Å². The first-order valence-electron chi connectivity index (χ1n) is 20.0. The molecule has 1 fully saturated rings. The van der Waals surface area contributed by atoms with Crippen molar-refractivity contribution in [2.75, 3.05) is 49.6 Å². The van der Waals surface area contributed by atoms with Crippen molar-refractivity contribution in [3.63, 3.8) is 0 Å². The molecular formula is C46H51N5O6S. The molecule has 0 aliphatic carbocycles. The van der Waals surface area contributed by atoms with Crippen LogP contribution in [0, 0.1) is 5.92 Å². The molecule has 4 heterocycles. The van der Waals surface area contributed by atoms with Gasteiger partial charge in [0.05, 0.1) is 23.4 Å². The van der Waals surface area contributed by atoms with E-state index in [-0.39, 0.29) is 17.6 Å². The van der Waals surface area contributed by atoms with Crippen LogP contribution in [0.4, 0.5) is 10.9 Å². The van der Waals surface area contributed by atoms with Gasteiger partial charge in [0.25, 0.3) is 5.91 Å². The number of ether oxygens (including phenoxy) is 3. The maximum Gasteiger partial charge on any atom is 0.358 e. The molecule has 1 amide bonds. The lowest BCUT2D eigenvalue weighted by Gasteiger charge is -2.31. The van der Waals surface area contributed by atoms with Crippen molar-refractivity contribution in [2.24, 2.45) is 5.92 Å². The van der Waals surface area contributed by atoms with Gasteiger partial charge >= 0.3 is 11.9 Å². The van der Waals surface area contributed by atoms with Gasteiger partial charge in [0, 0.05) is 24.2 Å². The number of hydrogen-bond donors (Lipinski definition) is 1. The second-order valence-corrected chi connectivity index (χ2v) is 16.8. The lowest BCUT2D eigenvalue weighted by atomic mass is 9.90. The molecule has 3 aromatic carbocycles. The Morgan fingerprint density at radius 1 is 0.931 bits per heavy atom. The fourth-order valence-electron chi connectivity index (χ4n) is 7.45. The van der Waals surface area contributed by atoms with Crippen molar-refractivity contribution in [2.45, 2.75) is 65.5 Å². The number of nitrogens with zero attached hydrogens (tertiary/aromatic N) is 4. The Labute approximate surface area is 344 Å². The monoisotopic (exact) mass is 801 g/mol. The zero-order chi connectivity index (χ0) is 40.6. The maximum atomic E-state index is 13.6. The number of likely N-dealkylation sites (tertiary alicyclic amines) is 1. The molecule has 0 radical (unpaired) electrons. The summed E-state index contributed by atoms with van der Waals surface area (Å²) in [7, 11) is 0. The normalized spacial score (nSPS) is 15.0. The molecule has 1 saturated heterocycles. The smallest absolute Gasteiger partial charge is 0.358 e. The van der Waals surface area contributed by atoms with E-state index in [1.54, 1.807) is 0 Å². The zero-order valence-corrected chi connectivity index (χ0v) is 34.5.